The Morgan fingerprint density at radius 3 is 3.00 bits per heavy atom. The lowest BCUT2D eigenvalue weighted by Crippen LogP contribution is -2.36. The van der Waals surface area contributed by atoms with E-state index in [1.54, 1.807) is 7.11 Å². The highest BCUT2D eigenvalue weighted by molar-refractivity contribution is 5.78. The predicted octanol–water partition coefficient (Wildman–Crippen LogP) is 0.424. The Kier molecular flexibility index (Phi) is 4.90. The number of aliphatic hydroxyl groups excluding tert-OH is 1. The number of carbonyl (C=O) groups excluding carboxylic acids is 1. The average Bonchev–Trinajstić information content (AvgIpc) is 2.72. The van der Waals surface area contributed by atoms with Crippen LogP contribution in [0, 0.1) is 0 Å². The van der Waals surface area contributed by atoms with E-state index in [4.69, 9.17) is 9.47 Å². The summed E-state index contributed by atoms with van der Waals surface area (Å²) in [5.41, 5.74) is 2.07. The molecule has 0 heterocycles. The van der Waals surface area contributed by atoms with Crippen LogP contribution < -0.4 is 5.32 Å². The number of amides is 1. The van der Waals surface area contributed by atoms with E-state index in [1.165, 1.54) is 0 Å². The highest BCUT2D eigenvalue weighted by Crippen LogP contribution is 2.30. The molecule has 0 saturated carbocycles. The fourth-order valence-electron chi connectivity index (χ4n) is 2.27. The van der Waals surface area contributed by atoms with Crippen LogP contribution in [0.5, 0.6) is 0 Å². The van der Waals surface area contributed by atoms with Crippen molar-refractivity contribution in [2.75, 3.05) is 26.9 Å². The van der Waals surface area contributed by atoms with Gasteiger partial charge < -0.3 is 19.9 Å². The quantitative estimate of drug-likeness (QED) is 0.732. The van der Waals surface area contributed by atoms with Gasteiger partial charge in [-0.25, -0.2) is 0 Å². The Morgan fingerprint density at radius 1 is 1.42 bits per heavy atom. The molecule has 1 aromatic rings. The smallest absolute Gasteiger partial charge is 0.246 e. The second-order valence-electron chi connectivity index (χ2n) is 4.56. The number of aliphatic hydroxyl groups is 1. The van der Waals surface area contributed by atoms with Gasteiger partial charge in [0.25, 0.3) is 0 Å². The Labute approximate surface area is 112 Å². The molecule has 5 nitrogen and oxygen atoms in total. The molecule has 2 atom stereocenters. The van der Waals surface area contributed by atoms with E-state index >= 15 is 0 Å². The van der Waals surface area contributed by atoms with Crippen LogP contribution >= 0.6 is 0 Å². The summed E-state index contributed by atoms with van der Waals surface area (Å²) in [4.78, 5) is 11.7. The summed E-state index contributed by atoms with van der Waals surface area (Å²) in [7, 11) is 1.58. The van der Waals surface area contributed by atoms with Gasteiger partial charge in [0, 0.05) is 13.5 Å². The third kappa shape index (κ3) is 3.53. The molecular weight excluding hydrogens is 246 g/mol. The van der Waals surface area contributed by atoms with Gasteiger partial charge in [0.1, 0.15) is 6.61 Å². The molecule has 19 heavy (non-hydrogen) atoms. The van der Waals surface area contributed by atoms with Gasteiger partial charge in [-0.3, -0.25) is 4.79 Å². The van der Waals surface area contributed by atoms with Gasteiger partial charge in [0.15, 0.2) is 0 Å². The Morgan fingerprint density at radius 2 is 2.21 bits per heavy atom. The second-order valence-corrected chi connectivity index (χ2v) is 4.56. The predicted molar refractivity (Wildman–Crippen MR) is 69.7 cm³/mol. The van der Waals surface area contributed by atoms with E-state index in [0.29, 0.717) is 19.6 Å². The molecule has 0 fully saturated rings. The number of benzene rings is 1. The average molecular weight is 265 g/mol. The minimum absolute atomic E-state index is 0.0191. The third-order valence-electron chi connectivity index (χ3n) is 3.19. The van der Waals surface area contributed by atoms with Crippen molar-refractivity contribution in [3.63, 3.8) is 0 Å². The minimum Gasteiger partial charge on any atom is -0.390 e. The summed E-state index contributed by atoms with van der Waals surface area (Å²) < 4.78 is 9.97. The van der Waals surface area contributed by atoms with Crippen molar-refractivity contribution >= 4 is 5.91 Å². The van der Waals surface area contributed by atoms with Crippen molar-refractivity contribution in [3.05, 3.63) is 35.4 Å². The van der Waals surface area contributed by atoms with Crippen molar-refractivity contribution in [3.8, 4) is 0 Å². The lowest BCUT2D eigenvalue weighted by atomic mass is 10.1. The molecular formula is C14H19NO4. The van der Waals surface area contributed by atoms with E-state index in [9.17, 15) is 9.90 Å². The number of ether oxygens (including phenoxy) is 2. The molecule has 0 spiro atoms. The third-order valence-corrected chi connectivity index (χ3v) is 3.19. The highest BCUT2D eigenvalue weighted by Gasteiger charge is 2.31. The lowest BCUT2D eigenvalue weighted by Gasteiger charge is -2.17. The molecule has 1 aromatic carbocycles. The second kappa shape index (κ2) is 6.65. The summed E-state index contributed by atoms with van der Waals surface area (Å²) in [5.74, 6) is -0.225. The number of hydrogen-bond donors (Lipinski definition) is 2. The SMILES string of the molecule is COCCOCC(=O)NC1c2ccccc2CC1O. The molecule has 2 N–H and O–H groups in total. The molecule has 104 valence electrons. The van der Waals surface area contributed by atoms with Crippen LogP contribution in [0.2, 0.25) is 0 Å². The maximum Gasteiger partial charge on any atom is 0.246 e. The Bertz CT molecular complexity index is 435. The van der Waals surface area contributed by atoms with E-state index < -0.39 is 6.10 Å². The fraction of sp³-hybridized carbons (Fsp3) is 0.500. The minimum atomic E-state index is -0.569. The molecule has 2 unspecified atom stereocenters. The van der Waals surface area contributed by atoms with Crippen LogP contribution in [0.25, 0.3) is 0 Å². The van der Waals surface area contributed by atoms with Gasteiger partial charge in [0.05, 0.1) is 25.4 Å². The Hall–Kier alpha value is -1.43. The van der Waals surface area contributed by atoms with Crippen molar-refractivity contribution < 1.29 is 19.4 Å². The Balaban J connectivity index is 1.87. The van der Waals surface area contributed by atoms with Crippen molar-refractivity contribution in [1.29, 1.82) is 0 Å². The van der Waals surface area contributed by atoms with Gasteiger partial charge >= 0.3 is 0 Å². The summed E-state index contributed by atoms with van der Waals surface area (Å²) in [5, 5.41) is 12.8. The maximum atomic E-state index is 11.7. The van der Waals surface area contributed by atoms with Crippen molar-refractivity contribution in [2.24, 2.45) is 0 Å². The molecule has 0 saturated heterocycles. The number of nitrogens with one attached hydrogen (secondary N) is 1. The first-order chi connectivity index (χ1) is 9.22. The molecule has 1 aliphatic rings. The topological polar surface area (TPSA) is 67.8 Å². The van der Waals surface area contributed by atoms with E-state index in [-0.39, 0.29) is 18.6 Å². The highest BCUT2D eigenvalue weighted by atomic mass is 16.5. The molecule has 0 radical (unpaired) electrons. The first kappa shape index (κ1) is 14.0. The van der Waals surface area contributed by atoms with Gasteiger partial charge in [0.2, 0.25) is 5.91 Å². The maximum absolute atomic E-state index is 11.7. The van der Waals surface area contributed by atoms with Gasteiger partial charge in [-0.15, -0.1) is 0 Å². The van der Waals surface area contributed by atoms with Crippen LogP contribution in [0.1, 0.15) is 17.2 Å². The zero-order valence-corrected chi connectivity index (χ0v) is 11.0. The molecule has 5 heteroatoms. The molecule has 0 aromatic heterocycles. The monoisotopic (exact) mass is 265 g/mol. The zero-order chi connectivity index (χ0) is 13.7. The van der Waals surface area contributed by atoms with Crippen LogP contribution in [0.4, 0.5) is 0 Å². The molecule has 1 aliphatic carbocycles. The zero-order valence-electron chi connectivity index (χ0n) is 11.0. The van der Waals surface area contributed by atoms with E-state index in [2.05, 4.69) is 5.32 Å². The number of fused-ring (bicyclic) bond motifs is 1. The normalized spacial score (nSPS) is 21.2. The number of hydrogen-bond acceptors (Lipinski definition) is 4. The fourth-order valence-corrected chi connectivity index (χ4v) is 2.27. The number of methoxy groups -OCH3 is 1. The molecule has 0 bridgehead atoms. The number of rotatable bonds is 6. The molecule has 1 amide bonds. The lowest BCUT2D eigenvalue weighted by molar-refractivity contribution is -0.127. The molecule has 0 aliphatic heterocycles. The van der Waals surface area contributed by atoms with Crippen LogP contribution in [-0.4, -0.2) is 44.0 Å². The number of carbonyl (C=O) groups is 1. The summed E-state index contributed by atoms with van der Waals surface area (Å²) in [6.07, 6.45) is 0.00591. The van der Waals surface area contributed by atoms with Crippen molar-refractivity contribution in [2.45, 2.75) is 18.6 Å². The van der Waals surface area contributed by atoms with Crippen LogP contribution in [-0.2, 0) is 20.7 Å². The van der Waals surface area contributed by atoms with E-state index in [1.807, 2.05) is 24.3 Å². The van der Waals surface area contributed by atoms with Gasteiger partial charge in [-0.1, -0.05) is 24.3 Å². The summed E-state index contributed by atoms with van der Waals surface area (Å²) in [6.45, 7) is 0.824. The van der Waals surface area contributed by atoms with Crippen molar-refractivity contribution in [1.82, 2.24) is 5.32 Å². The molecule has 2 rings (SSSR count). The summed E-state index contributed by atoms with van der Waals surface area (Å²) >= 11 is 0. The first-order valence-corrected chi connectivity index (χ1v) is 6.34. The van der Waals surface area contributed by atoms with Gasteiger partial charge in [-0.05, 0) is 11.1 Å². The van der Waals surface area contributed by atoms with Gasteiger partial charge in [-0.2, -0.15) is 0 Å². The van der Waals surface area contributed by atoms with Crippen LogP contribution in [0.15, 0.2) is 24.3 Å². The standard InChI is InChI=1S/C14H19NO4/c1-18-6-7-19-9-13(17)15-14-11-5-3-2-4-10(11)8-12(14)16/h2-5,12,14,16H,6-9H2,1H3,(H,15,17). The largest absolute Gasteiger partial charge is 0.390 e. The summed E-state index contributed by atoms with van der Waals surface area (Å²) in [6, 6.07) is 7.41. The van der Waals surface area contributed by atoms with E-state index in [0.717, 1.165) is 11.1 Å². The first-order valence-electron chi connectivity index (χ1n) is 6.34. The van der Waals surface area contributed by atoms with Crippen LogP contribution in [0.3, 0.4) is 0 Å².